The molecule has 1 heterocycles. The molecule has 17 heavy (non-hydrogen) atoms. The molecule has 0 fully saturated rings. The second-order valence-electron chi connectivity index (χ2n) is 4.81. The fraction of sp³-hybridized carbons (Fsp3) is 0.667. The van der Waals surface area contributed by atoms with E-state index >= 15 is 0 Å². The van der Waals surface area contributed by atoms with Gasteiger partial charge >= 0.3 is 0 Å². The molecule has 0 radical (unpaired) electrons. The molecule has 3 N–H and O–H groups in total. The van der Waals surface area contributed by atoms with Crippen molar-refractivity contribution in [2.24, 2.45) is 18.7 Å². The summed E-state index contributed by atoms with van der Waals surface area (Å²) in [7, 11) is 1.88. The van der Waals surface area contributed by atoms with Gasteiger partial charge in [-0.1, -0.05) is 13.8 Å². The van der Waals surface area contributed by atoms with Crippen LogP contribution in [0.3, 0.4) is 0 Å². The van der Waals surface area contributed by atoms with Gasteiger partial charge in [0.15, 0.2) is 0 Å². The van der Waals surface area contributed by atoms with Gasteiger partial charge in [-0.25, -0.2) is 0 Å². The summed E-state index contributed by atoms with van der Waals surface area (Å²) in [5, 5.41) is 7.07. The highest BCUT2D eigenvalue weighted by Crippen LogP contribution is 2.16. The SMILES string of the molecule is Cc1c(C(C)NC(=O)[C@@H](N)C(C)C)cnn1C. The molecule has 0 spiro atoms. The average molecular weight is 238 g/mol. The molecule has 0 aliphatic heterocycles. The highest BCUT2D eigenvalue weighted by Gasteiger charge is 2.20. The van der Waals surface area contributed by atoms with E-state index in [0.29, 0.717) is 0 Å². The third kappa shape index (κ3) is 3.06. The van der Waals surface area contributed by atoms with Crippen molar-refractivity contribution in [3.05, 3.63) is 17.5 Å². The minimum atomic E-state index is -0.463. The van der Waals surface area contributed by atoms with Gasteiger partial charge in [0.25, 0.3) is 0 Å². The molecule has 1 aromatic rings. The van der Waals surface area contributed by atoms with Gasteiger partial charge in [0.1, 0.15) is 0 Å². The van der Waals surface area contributed by atoms with Gasteiger partial charge in [-0.3, -0.25) is 9.48 Å². The molecule has 1 amide bonds. The molecular formula is C12H22N4O. The van der Waals surface area contributed by atoms with E-state index in [2.05, 4.69) is 10.4 Å². The van der Waals surface area contributed by atoms with Crippen LogP contribution in [0.25, 0.3) is 0 Å². The Morgan fingerprint density at radius 3 is 2.47 bits per heavy atom. The number of rotatable bonds is 4. The summed E-state index contributed by atoms with van der Waals surface area (Å²) in [6.07, 6.45) is 1.78. The summed E-state index contributed by atoms with van der Waals surface area (Å²) in [4.78, 5) is 11.8. The standard InChI is InChI=1S/C12H22N4O/c1-7(2)11(13)12(17)15-8(3)10-6-14-16(5)9(10)4/h6-8,11H,13H2,1-5H3,(H,15,17)/t8?,11-/m0/s1. The summed E-state index contributed by atoms with van der Waals surface area (Å²) >= 11 is 0. The normalized spacial score (nSPS) is 14.8. The van der Waals surface area contributed by atoms with Crippen LogP contribution < -0.4 is 11.1 Å². The number of nitrogens with two attached hydrogens (primary N) is 1. The number of carbonyl (C=O) groups is 1. The predicted molar refractivity (Wildman–Crippen MR) is 67.3 cm³/mol. The van der Waals surface area contributed by atoms with Crippen LogP contribution in [0.2, 0.25) is 0 Å². The Labute approximate surface area is 102 Å². The molecule has 0 aromatic carbocycles. The quantitative estimate of drug-likeness (QED) is 0.818. The summed E-state index contributed by atoms with van der Waals surface area (Å²) in [6, 6.07) is -0.532. The highest BCUT2D eigenvalue weighted by atomic mass is 16.2. The lowest BCUT2D eigenvalue weighted by molar-refractivity contribution is -0.123. The lowest BCUT2D eigenvalue weighted by Crippen LogP contribution is -2.44. The molecule has 0 aliphatic carbocycles. The largest absolute Gasteiger partial charge is 0.348 e. The van der Waals surface area contributed by atoms with Crippen LogP contribution >= 0.6 is 0 Å². The number of aromatic nitrogens is 2. The van der Waals surface area contributed by atoms with Crippen LogP contribution in [0.5, 0.6) is 0 Å². The van der Waals surface area contributed by atoms with E-state index in [9.17, 15) is 4.79 Å². The topological polar surface area (TPSA) is 72.9 Å². The van der Waals surface area contributed by atoms with Gasteiger partial charge in [-0.2, -0.15) is 5.10 Å². The van der Waals surface area contributed by atoms with Crippen molar-refractivity contribution in [3.63, 3.8) is 0 Å². The van der Waals surface area contributed by atoms with Gasteiger partial charge in [0, 0.05) is 18.3 Å². The maximum atomic E-state index is 11.8. The Balaban J connectivity index is 2.70. The molecule has 5 heteroatoms. The number of nitrogens with zero attached hydrogens (tertiary/aromatic N) is 2. The first-order valence-corrected chi connectivity index (χ1v) is 5.89. The summed E-state index contributed by atoms with van der Waals surface area (Å²) in [5.74, 6) is 0.0212. The summed E-state index contributed by atoms with van der Waals surface area (Å²) in [6.45, 7) is 7.79. The van der Waals surface area contributed by atoms with E-state index in [1.807, 2.05) is 34.7 Å². The second kappa shape index (κ2) is 5.31. The second-order valence-corrected chi connectivity index (χ2v) is 4.81. The van der Waals surface area contributed by atoms with Crippen LogP contribution in [0, 0.1) is 12.8 Å². The molecule has 0 saturated carbocycles. The molecule has 1 rings (SSSR count). The first-order chi connectivity index (χ1) is 7.84. The van der Waals surface area contributed by atoms with E-state index in [-0.39, 0.29) is 17.9 Å². The van der Waals surface area contributed by atoms with Crippen LogP contribution in [0.4, 0.5) is 0 Å². The average Bonchev–Trinajstić information content (AvgIpc) is 2.58. The lowest BCUT2D eigenvalue weighted by Gasteiger charge is -2.19. The van der Waals surface area contributed by atoms with Crippen LogP contribution in [0.15, 0.2) is 6.20 Å². The first kappa shape index (κ1) is 13.7. The number of hydrogen-bond acceptors (Lipinski definition) is 3. The third-order valence-electron chi connectivity index (χ3n) is 3.12. The van der Waals surface area contributed by atoms with Crippen molar-refractivity contribution < 1.29 is 4.79 Å². The van der Waals surface area contributed by atoms with Gasteiger partial charge in [-0.05, 0) is 19.8 Å². The molecule has 1 aromatic heterocycles. The van der Waals surface area contributed by atoms with Crippen molar-refractivity contribution in [1.29, 1.82) is 0 Å². The van der Waals surface area contributed by atoms with Crippen molar-refractivity contribution in [2.75, 3.05) is 0 Å². The molecule has 0 saturated heterocycles. The van der Waals surface area contributed by atoms with E-state index in [4.69, 9.17) is 5.73 Å². The summed E-state index contributed by atoms with van der Waals surface area (Å²) in [5.41, 5.74) is 7.87. The number of nitrogens with one attached hydrogen (secondary N) is 1. The Morgan fingerprint density at radius 2 is 2.06 bits per heavy atom. The molecule has 96 valence electrons. The maximum Gasteiger partial charge on any atom is 0.237 e. The number of carbonyl (C=O) groups excluding carboxylic acids is 1. The monoisotopic (exact) mass is 238 g/mol. The molecule has 2 atom stereocenters. The number of aryl methyl sites for hydroxylation is 1. The smallest absolute Gasteiger partial charge is 0.237 e. The maximum absolute atomic E-state index is 11.8. The fourth-order valence-electron chi connectivity index (χ4n) is 1.63. The van der Waals surface area contributed by atoms with E-state index in [0.717, 1.165) is 11.3 Å². The Morgan fingerprint density at radius 1 is 1.47 bits per heavy atom. The first-order valence-electron chi connectivity index (χ1n) is 5.89. The number of hydrogen-bond donors (Lipinski definition) is 2. The van der Waals surface area contributed by atoms with Crippen LogP contribution in [0.1, 0.15) is 38.1 Å². The van der Waals surface area contributed by atoms with Crippen molar-refractivity contribution in [3.8, 4) is 0 Å². The van der Waals surface area contributed by atoms with Gasteiger partial charge in [-0.15, -0.1) is 0 Å². The van der Waals surface area contributed by atoms with Gasteiger partial charge < -0.3 is 11.1 Å². The van der Waals surface area contributed by atoms with Crippen LogP contribution in [-0.4, -0.2) is 21.7 Å². The minimum absolute atomic E-state index is 0.0685. The molecular weight excluding hydrogens is 216 g/mol. The lowest BCUT2D eigenvalue weighted by atomic mass is 10.0. The Kier molecular flexibility index (Phi) is 4.28. The minimum Gasteiger partial charge on any atom is -0.348 e. The number of amides is 1. The molecule has 5 nitrogen and oxygen atoms in total. The van der Waals surface area contributed by atoms with E-state index in [1.54, 1.807) is 10.9 Å². The van der Waals surface area contributed by atoms with E-state index in [1.165, 1.54) is 0 Å². The van der Waals surface area contributed by atoms with Gasteiger partial charge in [0.05, 0.1) is 18.3 Å². The van der Waals surface area contributed by atoms with Gasteiger partial charge in [0.2, 0.25) is 5.91 Å². The summed E-state index contributed by atoms with van der Waals surface area (Å²) < 4.78 is 1.79. The van der Waals surface area contributed by atoms with Crippen molar-refractivity contribution in [2.45, 2.75) is 39.8 Å². The zero-order valence-corrected chi connectivity index (χ0v) is 11.2. The highest BCUT2D eigenvalue weighted by molar-refractivity contribution is 5.82. The fourth-order valence-corrected chi connectivity index (χ4v) is 1.63. The van der Waals surface area contributed by atoms with Crippen LogP contribution in [-0.2, 0) is 11.8 Å². The van der Waals surface area contributed by atoms with E-state index < -0.39 is 6.04 Å². The molecule has 1 unspecified atom stereocenters. The third-order valence-corrected chi connectivity index (χ3v) is 3.12. The Bertz CT molecular complexity index is 397. The Hall–Kier alpha value is -1.36. The zero-order valence-electron chi connectivity index (χ0n) is 11.2. The zero-order chi connectivity index (χ0) is 13.2. The van der Waals surface area contributed by atoms with Crippen molar-refractivity contribution >= 4 is 5.91 Å². The molecule has 0 aliphatic rings. The van der Waals surface area contributed by atoms with Crippen molar-refractivity contribution in [1.82, 2.24) is 15.1 Å². The molecule has 0 bridgehead atoms. The predicted octanol–water partition coefficient (Wildman–Crippen LogP) is 0.889.